The van der Waals surface area contributed by atoms with Gasteiger partial charge in [-0.15, -0.1) is 5.10 Å². The van der Waals surface area contributed by atoms with Gasteiger partial charge in [0.1, 0.15) is 11.7 Å². The van der Waals surface area contributed by atoms with Crippen molar-refractivity contribution in [3.63, 3.8) is 0 Å². The summed E-state index contributed by atoms with van der Waals surface area (Å²) in [6.07, 6.45) is 0. The van der Waals surface area contributed by atoms with E-state index < -0.39 is 11.7 Å². The van der Waals surface area contributed by atoms with Gasteiger partial charge < -0.3 is 4.74 Å². The molecule has 2 rings (SSSR count). The Labute approximate surface area is 128 Å². The second-order valence-corrected chi connectivity index (χ2v) is 5.11. The van der Waals surface area contributed by atoms with E-state index in [1.165, 1.54) is 13.2 Å². The fraction of sp³-hybridized carbons (Fsp3) is 0.154. The van der Waals surface area contributed by atoms with Gasteiger partial charge in [0.2, 0.25) is 5.88 Å². The van der Waals surface area contributed by atoms with Crippen molar-refractivity contribution in [3.05, 3.63) is 50.8 Å². The van der Waals surface area contributed by atoms with Crippen molar-refractivity contribution in [2.24, 2.45) is 0 Å². The van der Waals surface area contributed by atoms with E-state index in [0.29, 0.717) is 17.1 Å². The molecule has 0 fully saturated rings. The van der Waals surface area contributed by atoms with Crippen LogP contribution in [-0.2, 0) is 0 Å². The summed E-state index contributed by atoms with van der Waals surface area (Å²) in [4.78, 5) is 0. The molecule has 7 heteroatoms. The number of halogens is 3. The molecule has 1 atom stereocenters. The molecule has 0 spiro atoms. The minimum Gasteiger partial charge on any atom is -0.480 e. The maximum Gasteiger partial charge on any atom is 0.233 e. The number of hydrogen-bond acceptors (Lipinski definition) is 4. The van der Waals surface area contributed by atoms with Crippen molar-refractivity contribution in [1.82, 2.24) is 10.2 Å². The van der Waals surface area contributed by atoms with Crippen LogP contribution in [0.25, 0.3) is 0 Å². The molecule has 1 heterocycles. The summed E-state index contributed by atoms with van der Waals surface area (Å²) < 4.78 is 18.5. The maximum atomic E-state index is 13.4. The Hall–Kier alpha value is -1.71. The summed E-state index contributed by atoms with van der Waals surface area (Å²) in [6, 6.07) is 7.93. The number of methoxy groups -OCH3 is 1. The number of aromatic nitrogens is 2. The van der Waals surface area contributed by atoms with Crippen LogP contribution in [0.1, 0.15) is 17.2 Å². The van der Waals surface area contributed by atoms with Gasteiger partial charge in [0.25, 0.3) is 0 Å². The maximum absolute atomic E-state index is 13.4. The van der Waals surface area contributed by atoms with Crippen LogP contribution in [0.2, 0.25) is 5.02 Å². The zero-order chi connectivity index (χ0) is 14.7. The van der Waals surface area contributed by atoms with Crippen LogP contribution in [0.3, 0.4) is 0 Å². The normalized spacial score (nSPS) is 11.8. The lowest BCUT2D eigenvalue weighted by molar-refractivity contribution is 0.391. The van der Waals surface area contributed by atoms with Crippen LogP contribution in [0, 0.1) is 17.1 Å². The fourth-order valence-electron chi connectivity index (χ4n) is 1.65. The van der Waals surface area contributed by atoms with E-state index >= 15 is 0 Å². The standard InChI is InChI=1S/C13H8BrClFN3O/c1-20-13-3-2-12(18-19-13)8(6-17)7-4-9(14)11(16)5-10(7)15/h2-5,8H,1H3. The molecule has 4 nitrogen and oxygen atoms in total. The quantitative estimate of drug-likeness (QED) is 0.787. The van der Waals surface area contributed by atoms with E-state index in [2.05, 4.69) is 32.2 Å². The van der Waals surface area contributed by atoms with Crippen molar-refractivity contribution in [1.29, 1.82) is 5.26 Å². The molecule has 0 saturated carbocycles. The first-order valence-corrected chi connectivity index (χ1v) is 6.65. The monoisotopic (exact) mass is 355 g/mol. The number of nitriles is 1. The molecule has 20 heavy (non-hydrogen) atoms. The molecule has 0 bridgehead atoms. The van der Waals surface area contributed by atoms with E-state index in [0.717, 1.165) is 6.07 Å². The molecule has 0 N–H and O–H groups in total. The number of hydrogen-bond donors (Lipinski definition) is 0. The molecule has 0 saturated heterocycles. The van der Waals surface area contributed by atoms with Crippen molar-refractivity contribution in [3.8, 4) is 11.9 Å². The first-order chi connectivity index (χ1) is 9.56. The third-order valence-electron chi connectivity index (χ3n) is 2.65. The van der Waals surface area contributed by atoms with Gasteiger partial charge in [-0.1, -0.05) is 11.6 Å². The smallest absolute Gasteiger partial charge is 0.233 e. The Morgan fingerprint density at radius 3 is 2.70 bits per heavy atom. The van der Waals surface area contributed by atoms with E-state index in [1.807, 2.05) is 0 Å². The van der Waals surface area contributed by atoms with Gasteiger partial charge >= 0.3 is 0 Å². The van der Waals surface area contributed by atoms with E-state index in [4.69, 9.17) is 16.3 Å². The summed E-state index contributed by atoms with van der Waals surface area (Å²) in [7, 11) is 1.47. The molecule has 0 aliphatic carbocycles. The van der Waals surface area contributed by atoms with Crippen molar-refractivity contribution in [2.75, 3.05) is 7.11 Å². The lowest BCUT2D eigenvalue weighted by Gasteiger charge is -2.11. The highest BCUT2D eigenvalue weighted by molar-refractivity contribution is 9.10. The Bertz CT molecular complexity index is 673. The number of ether oxygens (including phenoxy) is 1. The second-order valence-electron chi connectivity index (χ2n) is 3.85. The van der Waals surface area contributed by atoms with Gasteiger partial charge in [-0.2, -0.15) is 10.4 Å². The SMILES string of the molecule is COc1ccc(C(C#N)c2cc(Br)c(F)cc2Cl)nn1. The molecular weight excluding hydrogens is 349 g/mol. The minimum atomic E-state index is -0.738. The predicted molar refractivity (Wildman–Crippen MR) is 75.2 cm³/mol. The first kappa shape index (κ1) is 14.7. The predicted octanol–water partition coefficient (Wildman–Crippen LogP) is 3.70. The largest absolute Gasteiger partial charge is 0.480 e. The van der Waals surface area contributed by atoms with E-state index in [1.54, 1.807) is 12.1 Å². The Kier molecular flexibility index (Phi) is 4.53. The molecule has 1 aromatic carbocycles. The molecule has 1 aromatic heterocycles. The Morgan fingerprint density at radius 1 is 1.40 bits per heavy atom. The lowest BCUT2D eigenvalue weighted by atomic mass is 9.97. The molecule has 102 valence electrons. The molecule has 0 aliphatic heterocycles. The third-order valence-corrected chi connectivity index (χ3v) is 3.58. The minimum absolute atomic E-state index is 0.162. The molecule has 2 aromatic rings. The molecule has 1 unspecified atom stereocenters. The fourth-order valence-corrected chi connectivity index (χ4v) is 2.27. The number of rotatable bonds is 3. The zero-order valence-electron chi connectivity index (χ0n) is 10.3. The van der Waals surface area contributed by atoms with Crippen molar-refractivity contribution >= 4 is 27.5 Å². The van der Waals surface area contributed by atoms with E-state index in [-0.39, 0.29) is 9.50 Å². The van der Waals surface area contributed by atoms with E-state index in [9.17, 15) is 9.65 Å². The highest BCUT2D eigenvalue weighted by Crippen LogP contribution is 2.32. The first-order valence-electron chi connectivity index (χ1n) is 5.48. The van der Waals surface area contributed by atoms with Crippen LogP contribution in [0.15, 0.2) is 28.7 Å². The lowest BCUT2D eigenvalue weighted by Crippen LogP contribution is -2.04. The molecule has 0 radical (unpaired) electrons. The summed E-state index contributed by atoms with van der Waals surface area (Å²) in [5.41, 5.74) is 0.871. The van der Waals surface area contributed by atoms with Crippen LogP contribution in [-0.4, -0.2) is 17.3 Å². The molecule has 0 amide bonds. The van der Waals surface area contributed by atoms with Gasteiger partial charge in [0.15, 0.2) is 0 Å². The van der Waals surface area contributed by atoms with Crippen LogP contribution >= 0.6 is 27.5 Å². The second kappa shape index (κ2) is 6.16. The van der Waals surface area contributed by atoms with Crippen molar-refractivity contribution < 1.29 is 9.13 Å². The van der Waals surface area contributed by atoms with Crippen LogP contribution in [0.4, 0.5) is 4.39 Å². The molecular formula is C13H8BrClFN3O. The van der Waals surface area contributed by atoms with Gasteiger partial charge in [-0.25, -0.2) is 4.39 Å². The summed E-state index contributed by atoms with van der Waals surface area (Å²) in [5.74, 6) is -0.883. The van der Waals surface area contributed by atoms with Gasteiger partial charge in [-0.05, 0) is 39.7 Å². The highest BCUT2D eigenvalue weighted by Gasteiger charge is 2.20. The average molecular weight is 357 g/mol. The average Bonchev–Trinajstić information content (AvgIpc) is 2.46. The summed E-state index contributed by atoms with van der Waals surface area (Å²) in [6.45, 7) is 0. The van der Waals surface area contributed by atoms with Gasteiger partial charge in [-0.3, -0.25) is 0 Å². The Balaban J connectivity index is 2.47. The van der Waals surface area contributed by atoms with Crippen LogP contribution < -0.4 is 4.74 Å². The third kappa shape index (κ3) is 2.89. The van der Waals surface area contributed by atoms with Gasteiger partial charge in [0, 0.05) is 11.1 Å². The zero-order valence-corrected chi connectivity index (χ0v) is 12.6. The Morgan fingerprint density at radius 2 is 2.15 bits per heavy atom. The highest BCUT2D eigenvalue weighted by atomic mass is 79.9. The van der Waals surface area contributed by atoms with Crippen molar-refractivity contribution in [2.45, 2.75) is 5.92 Å². The number of benzene rings is 1. The van der Waals surface area contributed by atoms with Gasteiger partial charge in [0.05, 0.1) is 23.3 Å². The topological polar surface area (TPSA) is 58.8 Å². The number of nitrogens with zero attached hydrogens (tertiary/aromatic N) is 3. The molecule has 0 aliphatic rings. The van der Waals surface area contributed by atoms with Crippen LogP contribution in [0.5, 0.6) is 5.88 Å². The summed E-state index contributed by atoms with van der Waals surface area (Å²) >= 11 is 9.07. The summed E-state index contributed by atoms with van der Waals surface area (Å²) in [5, 5.41) is 17.2.